The minimum absolute atomic E-state index is 0.128. The number of amides is 1. The standard InChI is InChI=1S/C27H30N6O3/c1-5-7-20-23-18(11-16-10-17-19(30-16)8-6-9-22(17)34)26(35)33(25(23)32-27(28)31-20)13-21-15(3)24(36-4)14(2)12-29-21/h10-12,30H,5-9,13H2,1-4H3,(H2,28,31,32)/b18-11-. The third-order valence-electron chi connectivity index (χ3n) is 6.88. The lowest BCUT2D eigenvalue weighted by atomic mass is 9.97. The van der Waals surface area contributed by atoms with Gasteiger partial charge in [0.2, 0.25) is 5.95 Å². The van der Waals surface area contributed by atoms with Gasteiger partial charge in [-0.3, -0.25) is 19.5 Å². The van der Waals surface area contributed by atoms with Gasteiger partial charge in [-0.1, -0.05) is 13.3 Å². The van der Waals surface area contributed by atoms with Crippen LogP contribution in [-0.2, 0) is 24.2 Å². The summed E-state index contributed by atoms with van der Waals surface area (Å²) < 4.78 is 5.56. The number of aromatic nitrogens is 4. The predicted octanol–water partition coefficient (Wildman–Crippen LogP) is 3.97. The third-order valence-corrected chi connectivity index (χ3v) is 6.88. The number of carbonyl (C=O) groups excluding carboxylic acids is 2. The summed E-state index contributed by atoms with van der Waals surface area (Å²) in [5, 5.41) is 0. The van der Waals surface area contributed by atoms with Crippen LogP contribution in [0.25, 0.3) is 11.6 Å². The molecule has 0 bridgehead atoms. The number of anilines is 2. The number of hydrogen-bond acceptors (Lipinski definition) is 7. The van der Waals surface area contributed by atoms with Gasteiger partial charge in [-0.15, -0.1) is 0 Å². The number of fused-ring (bicyclic) bond motifs is 2. The van der Waals surface area contributed by atoms with E-state index in [1.165, 1.54) is 0 Å². The van der Waals surface area contributed by atoms with E-state index in [9.17, 15) is 9.59 Å². The van der Waals surface area contributed by atoms with Crippen LogP contribution in [0.2, 0.25) is 0 Å². The Morgan fingerprint density at radius 2 is 2.00 bits per heavy atom. The number of nitrogens with zero attached hydrogens (tertiary/aromatic N) is 4. The normalized spacial score (nSPS) is 16.0. The summed E-state index contributed by atoms with van der Waals surface area (Å²) in [6.07, 6.45) is 7.25. The van der Waals surface area contributed by atoms with Crippen molar-refractivity contribution >= 4 is 35.1 Å². The van der Waals surface area contributed by atoms with Gasteiger partial charge in [0.05, 0.1) is 36.2 Å². The van der Waals surface area contributed by atoms with Crippen LogP contribution in [0.3, 0.4) is 0 Å². The molecule has 0 fully saturated rings. The molecular formula is C27H30N6O3. The highest BCUT2D eigenvalue weighted by Crippen LogP contribution is 2.40. The first-order valence-electron chi connectivity index (χ1n) is 12.3. The van der Waals surface area contributed by atoms with Gasteiger partial charge in [0.25, 0.3) is 5.91 Å². The highest BCUT2D eigenvalue weighted by Gasteiger charge is 2.37. The van der Waals surface area contributed by atoms with E-state index in [2.05, 4.69) is 26.9 Å². The zero-order valence-corrected chi connectivity index (χ0v) is 21.1. The number of rotatable bonds is 6. The zero-order valence-electron chi connectivity index (χ0n) is 21.1. The summed E-state index contributed by atoms with van der Waals surface area (Å²) in [7, 11) is 1.63. The Labute approximate surface area is 209 Å². The molecule has 1 amide bonds. The van der Waals surface area contributed by atoms with Gasteiger partial charge in [-0.25, -0.2) is 4.98 Å². The summed E-state index contributed by atoms with van der Waals surface area (Å²) in [6, 6.07) is 1.84. The van der Waals surface area contributed by atoms with Gasteiger partial charge in [0, 0.05) is 40.7 Å². The monoisotopic (exact) mass is 486 g/mol. The van der Waals surface area contributed by atoms with E-state index in [1.807, 2.05) is 26.0 Å². The number of H-pyrrole nitrogens is 1. The maximum atomic E-state index is 13.9. The zero-order chi connectivity index (χ0) is 25.6. The number of pyridine rings is 1. The van der Waals surface area contributed by atoms with Crippen LogP contribution >= 0.6 is 0 Å². The molecule has 4 heterocycles. The van der Waals surface area contributed by atoms with Gasteiger partial charge in [-0.2, -0.15) is 4.98 Å². The van der Waals surface area contributed by atoms with Crippen molar-refractivity contribution in [3.63, 3.8) is 0 Å². The lowest BCUT2D eigenvalue weighted by molar-refractivity contribution is -0.113. The van der Waals surface area contributed by atoms with E-state index in [0.29, 0.717) is 41.1 Å². The topological polar surface area (TPSA) is 127 Å². The Hall–Kier alpha value is -4.01. The number of methoxy groups -OCH3 is 1. The molecule has 9 nitrogen and oxygen atoms in total. The summed E-state index contributed by atoms with van der Waals surface area (Å²) in [6.45, 7) is 6.14. The Kier molecular flexibility index (Phi) is 6.07. The lowest BCUT2D eigenvalue weighted by Gasteiger charge is -2.19. The van der Waals surface area contributed by atoms with Crippen molar-refractivity contribution in [1.29, 1.82) is 0 Å². The first-order valence-corrected chi connectivity index (χ1v) is 12.3. The van der Waals surface area contributed by atoms with Crippen molar-refractivity contribution < 1.29 is 14.3 Å². The molecule has 3 aromatic heterocycles. The molecule has 9 heteroatoms. The number of aromatic amines is 1. The molecule has 0 saturated carbocycles. The van der Waals surface area contributed by atoms with Crippen LogP contribution in [0.1, 0.15) is 76.0 Å². The highest BCUT2D eigenvalue weighted by molar-refractivity contribution is 6.35. The maximum Gasteiger partial charge on any atom is 0.260 e. The van der Waals surface area contributed by atoms with Crippen molar-refractivity contribution in [1.82, 2.24) is 19.9 Å². The number of hydrogen-bond donors (Lipinski definition) is 2. The molecule has 1 aliphatic heterocycles. The van der Waals surface area contributed by atoms with E-state index < -0.39 is 0 Å². The summed E-state index contributed by atoms with van der Waals surface area (Å²) in [4.78, 5) is 44.8. The smallest absolute Gasteiger partial charge is 0.260 e. The maximum absolute atomic E-state index is 13.9. The number of ketones is 1. The highest BCUT2D eigenvalue weighted by atomic mass is 16.5. The lowest BCUT2D eigenvalue weighted by Crippen LogP contribution is -2.27. The van der Waals surface area contributed by atoms with E-state index >= 15 is 0 Å². The number of carbonyl (C=O) groups is 2. The van der Waals surface area contributed by atoms with Crippen molar-refractivity contribution in [3.8, 4) is 5.75 Å². The molecule has 5 rings (SSSR count). The van der Waals surface area contributed by atoms with Crippen molar-refractivity contribution in [2.45, 2.75) is 59.4 Å². The molecule has 0 spiro atoms. The largest absolute Gasteiger partial charge is 0.496 e. The van der Waals surface area contributed by atoms with Crippen LogP contribution in [0, 0.1) is 13.8 Å². The summed E-state index contributed by atoms with van der Waals surface area (Å²) in [5.41, 5.74) is 12.9. The number of nitrogens with two attached hydrogens (primary N) is 1. The van der Waals surface area contributed by atoms with Crippen LogP contribution in [-0.4, -0.2) is 38.7 Å². The van der Waals surface area contributed by atoms with Crippen LogP contribution < -0.4 is 15.4 Å². The minimum Gasteiger partial charge on any atom is -0.496 e. The number of ether oxygens (including phenoxy) is 1. The molecule has 1 aliphatic carbocycles. The second-order valence-electron chi connectivity index (χ2n) is 9.37. The number of nitrogen functional groups attached to an aromatic ring is 1. The van der Waals surface area contributed by atoms with E-state index in [1.54, 1.807) is 18.2 Å². The Bertz CT molecular complexity index is 1420. The predicted molar refractivity (Wildman–Crippen MR) is 138 cm³/mol. The quantitative estimate of drug-likeness (QED) is 0.505. The Balaban J connectivity index is 1.63. The fourth-order valence-corrected chi connectivity index (χ4v) is 5.17. The second-order valence-corrected chi connectivity index (χ2v) is 9.37. The SMILES string of the molecule is CCCc1nc(N)nc2c1/C(=C/c1cc3c([nH]1)CCCC3=O)C(=O)N2Cc1ncc(C)c(OC)c1C. The van der Waals surface area contributed by atoms with E-state index in [4.69, 9.17) is 10.5 Å². The van der Waals surface area contributed by atoms with E-state index in [0.717, 1.165) is 53.2 Å². The van der Waals surface area contributed by atoms with Crippen LogP contribution in [0.4, 0.5) is 11.8 Å². The molecule has 3 aromatic rings. The average Bonchev–Trinajstić information content (AvgIpc) is 3.37. The average molecular weight is 487 g/mol. The first-order chi connectivity index (χ1) is 17.3. The molecule has 36 heavy (non-hydrogen) atoms. The van der Waals surface area contributed by atoms with Gasteiger partial charge < -0.3 is 15.5 Å². The van der Waals surface area contributed by atoms with Crippen LogP contribution in [0.5, 0.6) is 5.75 Å². The second kappa shape index (κ2) is 9.22. The van der Waals surface area contributed by atoms with Gasteiger partial charge in [0.15, 0.2) is 5.78 Å². The Morgan fingerprint density at radius 3 is 2.72 bits per heavy atom. The van der Waals surface area contributed by atoms with E-state index in [-0.39, 0.29) is 24.2 Å². The fourth-order valence-electron chi connectivity index (χ4n) is 5.17. The molecule has 0 atom stereocenters. The number of Topliss-reactive ketones (excluding diaryl/α,β-unsaturated/α-hetero) is 1. The molecule has 3 N–H and O–H groups in total. The molecule has 0 radical (unpaired) electrons. The number of aryl methyl sites for hydroxylation is 3. The summed E-state index contributed by atoms with van der Waals surface area (Å²) in [5.74, 6) is 1.29. The molecular weight excluding hydrogens is 456 g/mol. The molecule has 186 valence electrons. The van der Waals surface area contributed by atoms with Crippen molar-refractivity contribution in [3.05, 3.63) is 57.3 Å². The molecule has 0 saturated heterocycles. The van der Waals surface area contributed by atoms with Crippen molar-refractivity contribution in [2.24, 2.45) is 0 Å². The van der Waals surface area contributed by atoms with Gasteiger partial charge >= 0.3 is 0 Å². The molecule has 0 unspecified atom stereocenters. The summed E-state index contributed by atoms with van der Waals surface area (Å²) >= 11 is 0. The van der Waals surface area contributed by atoms with Gasteiger partial charge in [0.1, 0.15) is 11.6 Å². The molecule has 2 aliphatic rings. The van der Waals surface area contributed by atoms with Gasteiger partial charge in [-0.05, 0) is 45.3 Å². The fraction of sp³-hybridized carbons (Fsp3) is 0.370. The number of nitrogens with one attached hydrogen (secondary N) is 1. The van der Waals surface area contributed by atoms with Crippen molar-refractivity contribution in [2.75, 3.05) is 17.7 Å². The van der Waals surface area contributed by atoms with Crippen LogP contribution in [0.15, 0.2) is 12.3 Å². The minimum atomic E-state index is -0.207. The molecule has 0 aromatic carbocycles. The third kappa shape index (κ3) is 3.94. The first kappa shape index (κ1) is 23.7. The Morgan fingerprint density at radius 1 is 1.19 bits per heavy atom.